The fourth-order valence-corrected chi connectivity index (χ4v) is 3.17. The van der Waals surface area contributed by atoms with Gasteiger partial charge in [-0.3, -0.25) is 14.9 Å². The maximum absolute atomic E-state index is 12.5. The van der Waals surface area contributed by atoms with Crippen LogP contribution in [0.2, 0.25) is 0 Å². The van der Waals surface area contributed by atoms with E-state index < -0.39 is 0 Å². The molecule has 8 heteroatoms. The Balaban J connectivity index is 1.46. The van der Waals surface area contributed by atoms with Crippen LogP contribution in [0, 0.1) is 0 Å². The lowest BCUT2D eigenvalue weighted by atomic mass is 10.2. The molecule has 0 bridgehead atoms. The molecule has 2 amide bonds. The molecule has 0 aliphatic heterocycles. The minimum absolute atomic E-state index is 0.0314. The molecule has 0 saturated heterocycles. The monoisotopic (exact) mass is 477 g/mol. The van der Waals surface area contributed by atoms with Crippen LogP contribution < -0.4 is 25.4 Å². The minimum atomic E-state index is -0.356. The average Bonchev–Trinajstić information content (AvgIpc) is 2.82. The summed E-state index contributed by atoms with van der Waals surface area (Å²) >= 11 is 5.25. The van der Waals surface area contributed by atoms with Gasteiger partial charge in [0.15, 0.2) is 5.11 Å². The highest BCUT2D eigenvalue weighted by atomic mass is 32.1. The van der Waals surface area contributed by atoms with Gasteiger partial charge in [-0.1, -0.05) is 24.3 Å². The van der Waals surface area contributed by atoms with E-state index in [9.17, 15) is 9.59 Å². The largest absolute Gasteiger partial charge is 0.490 e. The van der Waals surface area contributed by atoms with Crippen LogP contribution in [0.4, 0.5) is 5.69 Å². The Bertz CT molecular complexity index is 1120. The van der Waals surface area contributed by atoms with Crippen LogP contribution in [0.3, 0.4) is 0 Å². The molecular formula is C26H27N3O4S. The zero-order valence-corrected chi connectivity index (χ0v) is 19.9. The summed E-state index contributed by atoms with van der Waals surface area (Å²) in [5, 5.41) is 8.53. The Morgan fingerprint density at radius 2 is 1.44 bits per heavy atom. The van der Waals surface area contributed by atoms with Gasteiger partial charge in [0.2, 0.25) is 0 Å². The third-order valence-electron chi connectivity index (χ3n) is 4.51. The molecular weight excluding hydrogens is 450 g/mol. The third kappa shape index (κ3) is 7.90. The third-order valence-corrected chi connectivity index (χ3v) is 4.71. The van der Waals surface area contributed by atoms with Crippen LogP contribution in [-0.2, 0) is 0 Å². The minimum Gasteiger partial charge on any atom is -0.490 e. The molecule has 0 radical (unpaired) electrons. The second-order valence-electron chi connectivity index (χ2n) is 7.65. The molecule has 0 aromatic heterocycles. The van der Waals surface area contributed by atoms with Crippen molar-refractivity contribution in [1.29, 1.82) is 0 Å². The normalized spacial score (nSPS) is 10.3. The number of hydrogen-bond donors (Lipinski definition) is 3. The molecule has 0 atom stereocenters. The highest BCUT2D eigenvalue weighted by molar-refractivity contribution is 7.80. The summed E-state index contributed by atoms with van der Waals surface area (Å²) in [5.41, 5.74) is 1.53. The topological polar surface area (TPSA) is 88.7 Å². The second-order valence-corrected chi connectivity index (χ2v) is 8.06. The van der Waals surface area contributed by atoms with Crippen molar-refractivity contribution in [1.82, 2.24) is 10.6 Å². The van der Waals surface area contributed by atoms with Gasteiger partial charge in [0.1, 0.15) is 24.7 Å². The van der Waals surface area contributed by atoms with Crippen LogP contribution >= 0.6 is 12.2 Å². The van der Waals surface area contributed by atoms with Crippen molar-refractivity contribution in [3.05, 3.63) is 90.0 Å². The molecule has 3 rings (SSSR count). The first-order valence-corrected chi connectivity index (χ1v) is 11.3. The zero-order valence-electron chi connectivity index (χ0n) is 19.0. The molecule has 0 unspecified atom stereocenters. The van der Waals surface area contributed by atoms with Gasteiger partial charge >= 0.3 is 0 Å². The number of carbonyl (C=O) groups is 2. The second kappa shape index (κ2) is 12.4. The molecule has 0 spiro atoms. The Morgan fingerprint density at radius 1 is 0.794 bits per heavy atom. The number of nitrogens with one attached hydrogen (secondary N) is 3. The number of thiocarbonyl (C=S) groups is 1. The van der Waals surface area contributed by atoms with E-state index >= 15 is 0 Å². The van der Waals surface area contributed by atoms with E-state index in [1.54, 1.807) is 48.5 Å². The van der Waals surface area contributed by atoms with E-state index in [1.165, 1.54) is 0 Å². The standard InChI is InChI=1S/C26H27N3O4S/c1-18(2)27-25(31)20-7-6-8-21(17-20)28-26(34)29-24(30)19-11-13-23(14-12-19)33-16-15-32-22-9-4-3-5-10-22/h3-14,17-18H,15-16H2,1-2H3,(H,27,31)(H2,28,29,30,34). The van der Waals surface area contributed by atoms with Crippen LogP contribution in [0.5, 0.6) is 11.5 Å². The van der Waals surface area contributed by atoms with E-state index in [-0.39, 0.29) is 23.0 Å². The van der Waals surface area contributed by atoms with Gasteiger partial charge in [-0.25, -0.2) is 0 Å². The van der Waals surface area contributed by atoms with Crippen LogP contribution in [0.1, 0.15) is 34.6 Å². The Labute approximate surface area is 204 Å². The smallest absolute Gasteiger partial charge is 0.257 e. The van der Waals surface area contributed by atoms with Gasteiger partial charge in [-0.15, -0.1) is 0 Å². The summed E-state index contributed by atoms with van der Waals surface area (Å²) < 4.78 is 11.2. The highest BCUT2D eigenvalue weighted by Gasteiger charge is 2.11. The molecule has 0 saturated carbocycles. The number of benzene rings is 3. The highest BCUT2D eigenvalue weighted by Crippen LogP contribution is 2.14. The van der Waals surface area contributed by atoms with Gasteiger partial charge < -0.3 is 20.1 Å². The van der Waals surface area contributed by atoms with Gasteiger partial charge in [0.25, 0.3) is 11.8 Å². The lowest BCUT2D eigenvalue weighted by molar-refractivity contribution is 0.0941. The number of rotatable bonds is 9. The van der Waals surface area contributed by atoms with E-state index in [0.717, 1.165) is 5.75 Å². The summed E-state index contributed by atoms with van der Waals surface area (Å²) in [6.07, 6.45) is 0. The summed E-state index contributed by atoms with van der Waals surface area (Å²) in [7, 11) is 0. The number of hydrogen-bond acceptors (Lipinski definition) is 5. The van der Waals surface area contributed by atoms with Crippen LogP contribution in [0.15, 0.2) is 78.9 Å². The number of ether oxygens (including phenoxy) is 2. The molecule has 0 heterocycles. The number of carbonyl (C=O) groups excluding carboxylic acids is 2. The van der Waals surface area contributed by atoms with Crippen molar-refractivity contribution in [2.45, 2.75) is 19.9 Å². The van der Waals surface area contributed by atoms with E-state index in [1.807, 2.05) is 44.2 Å². The predicted molar refractivity (Wildman–Crippen MR) is 137 cm³/mol. The molecule has 0 aliphatic rings. The quantitative estimate of drug-likeness (QED) is 0.313. The van der Waals surface area contributed by atoms with Crippen molar-refractivity contribution in [2.24, 2.45) is 0 Å². The SMILES string of the molecule is CC(C)NC(=O)c1cccc(NC(=S)NC(=O)c2ccc(OCCOc3ccccc3)cc2)c1. The van der Waals surface area contributed by atoms with Crippen molar-refractivity contribution < 1.29 is 19.1 Å². The predicted octanol–water partition coefficient (Wildman–Crippen LogP) is 4.41. The molecule has 3 aromatic rings. The van der Waals surface area contributed by atoms with Crippen molar-refractivity contribution in [3.8, 4) is 11.5 Å². The van der Waals surface area contributed by atoms with Crippen molar-refractivity contribution >= 4 is 34.8 Å². The molecule has 0 aliphatic carbocycles. The molecule has 7 nitrogen and oxygen atoms in total. The van der Waals surface area contributed by atoms with Gasteiger partial charge in [0.05, 0.1) is 0 Å². The molecule has 3 aromatic carbocycles. The average molecular weight is 478 g/mol. The first-order valence-electron chi connectivity index (χ1n) is 10.8. The summed E-state index contributed by atoms with van der Waals surface area (Å²) in [4.78, 5) is 24.7. The molecule has 34 heavy (non-hydrogen) atoms. The lowest BCUT2D eigenvalue weighted by Crippen LogP contribution is -2.34. The number of para-hydroxylation sites is 1. The van der Waals surface area contributed by atoms with Crippen molar-refractivity contribution in [3.63, 3.8) is 0 Å². The van der Waals surface area contributed by atoms with Crippen LogP contribution in [0.25, 0.3) is 0 Å². The molecule has 0 fully saturated rings. The zero-order chi connectivity index (χ0) is 24.3. The Kier molecular flexibility index (Phi) is 8.99. The Hall–Kier alpha value is -3.91. The van der Waals surface area contributed by atoms with Crippen molar-refractivity contribution in [2.75, 3.05) is 18.5 Å². The summed E-state index contributed by atoms with van der Waals surface area (Å²) in [6.45, 7) is 4.57. The fraction of sp³-hybridized carbons (Fsp3) is 0.192. The molecule has 176 valence electrons. The number of anilines is 1. The maximum Gasteiger partial charge on any atom is 0.257 e. The summed E-state index contributed by atoms with van der Waals surface area (Å²) in [6, 6.07) is 23.2. The summed E-state index contributed by atoms with van der Waals surface area (Å²) in [5.74, 6) is 0.881. The van der Waals surface area contributed by atoms with Crippen LogP contribution in [-0.4, -0.2) is 36.2 Å². The molecule has 3 N–H and O–H groups in total. The first-order chi connectivity index (χ1) is 16.4. The van der Waals surface area contributed by atoms with E-state index in [4.69, 9.17) is 21.7 Å². The Morgan fingerprint density at radius 3 is 2.09 bits per heavy atom. The van der Waals surface area contributed by atoms with Gasteiger partial charge in [-0.2, -0.15) is 0 Å². The lowest BCUT2D eigenvalue weighted by Gasteiger charge is -2.12. The number of amides is 2. The maximum atomic E-state index is 12.5. The van der Waals surface area contributed by atoms with Gasteiger partial charge in [-0.05, 0) is 80.7 Å². The van der Waals surface area contributed by atoms with E-state index in [0.29, 0.717) is 35.8 Å². The van der Waals surface area contributed by atoms with Gasteiger partial charge in [0, 0.05) is 22.9 Å². The first kappa shape index (κ1) is 24.7. The van der Waals surface area contributed by atoms with E-state index in [2.05, 4.69) is 16.0 Å². The fourth-order valence-electron chi connectivity index (χ4n) is 2.96.